The number of hydrogen-bond donors (Lipinski definition) is 0. The molecule has 0 bridgehead atoms. The molecule has 0 spiro atoms. The Morgan fingerprint density at radius 3 is 2.94 bits per heavy atom. The van der Waals surface area contributed by atoms with Crippen LogP contribution >= 0.6 is 0 Å². The second kappa shape index (κ2) is 4.31. The minimum Gasteiger partial charge on any atom is -0.489 e. The second-order valence-corrected chi connectivity index (χ2v) is 5.86. The standard InChI is InChI=1S/C17H20O/c1-17(2)10-4-3-7-15(17)13-8-9-16-14(12-13)6-5-11-18-16/h5-9,12H,3-4,10-11H2,1-2H3. The number of fused-ring (bicyclic) bond motifs is 1. The summed E-state index contributed by atoms with van der Waals surface area (Å²) in [6.45, 7) is 5.40. The Bertz CT molecular complexity index is 520. The van der Waals surface area contributed by atoms with Gasteiger partial charge >= 0.3 is 0 Å². The molecule has 94 valence electrons. The summed E-state index contributed by atoms with van der Waals surface area (Å²) in [7, 11) is 0. The van der Waals surface area contributed by atoms with Gasteiger partial charge in [0.2, 0.25) is 0 Å². The van der Waals surface area contributed by atoms with Crippen LogP contribution in [0.4, 0.5) is 0 Å². The van der Waals surface area contributed by atoms with E-state index in [1.165, 1.54) is 36.0 Å². The van der Waals surface area contributed by atoms with E-state index in [9.17, 15) is 0 Å². The molecule has 0 saturated carbocycles. The molecule has 0 aromatic heterocycles. The average molecular weight is 240 g/mol. The molecular formula is C17H20O. The molecular weight excluding hydrogens is 220 g/mol. The van der Waals surface area contributed by atoms with Gasteiger partial charge in [0.1, 0.15) is 12.4 Å². The van der Waals surface area contributed by atoms with Gasteiger partial charge in [0, 0.05) is 5.56 Å². The first kappa shape index (κ1) is 11.6. The van der Waals surface area contributed by atoms with E-state index in [1.54, 1.807) is 0 Å². The van der Waals surface area contributed by atoms with E-state index in [1.807, 2.05) is 0 Å². The fourth-order valence-corrected chi connectivity index (χ4v) is 3.00. The highest BCUT2D eigenvalue weighted by Crippen LogP contribution is 2.43. The quantitative estimate of drug-likeness (QED) is 0.692. The van der Waals surface area contributed by atoms with Crippen molar-refractivity contribution >= 4 is 11.6 Å². The van der Waals surface area contributed by atoms with Crippen LogP contribution in [0.2, 0.25) is 0 Å². The summed E-state index contributed by atoms with van der Waals surface area (Å²) in [6.07, 6.45) is 10.5. The van der Waals surface area contributed by atoms with Crippen LogP contribution in [0, 0.1) is 5.41 Å². The first-order chi connectivity index (χ1) is 8.67. The van der Waals surface area contributed by atoms with Crippen LogP contribution in [0.5, 0.6) is 5.75 Å². The van der Waals surface area contributed by atoms with Crippen molar-refractivity contribution in [2.24, 2.45) is 5.41 Å². The minimum atomic E-state index is 0.297. The Labute approximate surface area is 109 Å². The molecule has 18 heavy (non-hydrogen) atoms. The van der Waals surface area contributed by atoms with Crippen molar-refractivity contribution in [1.82, 2.24) is 0 Å². The molecule has 1 nitrogen and oxygen atoms in total. The van der Waals surface area contributed by atoms with Gasteiger partial charge in [0.25, 0.3) is 0 Å². The lowest BCUT2D eigenvalue weighted by Crippen LogP contribution is -2.17. The molecule has 1 aliphatic carbocycles. The lowest BCUT2D eigenvalue weighted by Gasteiger charge is -2.32. The highest BCUT2D eigenvalue weighted by molar-refractivity contribution is 5.74. The van der Waals surface area contributed by atoms with E-state index < -0.39 is 0 Å². The Hall–Kier alpha value is -1.50. The Balaban J connectivity index is 2.03. The van der Waals surface area contributed by atoms with Crippen molar-refractivity contribution in [1.29, 1.82) is 0 Å². The van der Waals surface area contributed by atoms with Crippen molar-refractivity contribution in [3.05, 3.63) is 41.5 Å². The largest absolute Gasteiger partial charge is 0.489 e. The van der Waals surface area contributed by atoms with Gasteiger partial charge in [0.15, 0.2) is 0 Å². The molecule has 2 aliphatic rings. The first-order valence-corrected chi connectivity index (χ1v) is 6.81. The number of benzene rings is 1. The zero-order valence-electron chi connectivity index (χ0n) is 11.2. The topological polar surface area (TPSA) is 9.23 Å². The zero-order valence-corrected chi connectivity index (χ0v) is 11.2. The summed E-state index contributed by atoms with van der Waals surface area (Å²) in [5.74, 6) is 1.01. The molecule has 1 aliphatic heterocycles. The maximum atomic E-state index is 5.61. The van der Waals surface area contributed by atoms with Crippen LogP contribution in [-0.2, 0) is 0 Å². The lowest BCUT2D eigenvalue weighted by molar-refractivity contribution is 0.358. The van der Waals surface area contributed by atoms with E-state index in [0.29, 0.717) is 12.0 Å². The SMILES string of the molecule is CC1(C)CCCC=C1c1ccc2c(c1)C=CCO2. The van der Waals surface area contributed by atoms with Crippen LogP contribution < -0.4 is 4.74 Å². The lowest BCUT2D eigenvalue weighted by atomic mass is 9.73. The normalized spacial score (nSPS) is 20.9. The van der Waals surface area contributed by atoms with Crippen molar-refractivity contribution in [3.8, 4) is 5.75 Å². The fraction of sp³-hybridized carbons (Fsp3) is 0.412. The highest BCUT2D eigenvalue weighted by Gasteiger charge is 2.27. The smallest absolute Gasteiger partial charge is 0.127 e. The van der Waals surface area contributed by atoms with Gasteiger partial charge in [0.05, 0.1) is 0 Å². The fourth-order valence-electron chi connectivity index (χ4n) is 3.00. The molecule has 3 rings (SSSR count). The Kier molecular flexibility index (Phi) is 2.77. The number of allylic oxidation sites excluding steroid dienone is 2. The third-order valence-corrected chi connectivity index (χ3v) is 4.04. The van der Waals surface area contributed by atoms with Crippen molar-refractivity contribution in [2.75, 3.05) is 6.61 Å². The van der Waals surface area contributed by atoms with Crippen molar-refractivity contribution in [3.63, 3.8) is 0 Å². The maximum absolute atomic E-state index is 5.61. The second-order valence-electron chi connectivity index (χ2n) is 5.86. The summed E-state index contributed by atoms with van der Waals surface area (Å²) in [6, 6.07) is 6.58. The summed E-state index contributed by atoms with van der Waals surface area (Å²) in [5.41, 5.74) is 4.36. The summed E-state index contributed by atoms with van der Waals surface area (Å²) in [5, 5.41) is 0. The van der Waals surface area contributed by atoms with E-state index in [4.69, 9.17) is 4.74 Å². The number of rotatable bonds is 1. The molecule has 0 radical (unpaired) electrons. The van der Waals surface area contributed by atoms with Crippen molar-refractivity contribution in [2.45, 2.75) is 33.1 Å². The average Bonchev–Trinajstić information content (AvgIpc) is 2.38. The van der Waals surface area contributed by atoms with Crippen LogP contribution in [0.1, 0.15) is 44.2 Å². The van der Waals surface area contributed by atoms with Crippen molar-refractivity contribution < 1.29 is 4.74 Å². The molecule has 1 heterocycles. The molecule has 0 amide bonds. The minimum absolute atomic E-state index is 0.297. The van der Waals surface area contributed by atoms with Crippen LogP contribution in [0.15, 0.2) is 30.4 Å². The predicted octanol–water partition coefficient (Wildman–Crippen LogP) is 4.69. The van der Waals surface area contributed by atoms with Crippen LogP contribution in [-0.4, -0.2) is 6.61 Å². The zero-order chi connectivity index (χ0) is 12.6. The molecule has 1 heteroatoms. The van der Waals surface area contributed by atoms with Gasteiger partial charge in [-0.3, -0.25) is 0 Å². The maximum Gasteiger partial charge on any atom is 0.127 e. The molecule has 1 aromatic carbocycles. The summed E-state index contributed by atoms with van der Waals surface area (Å²) in [4.78, 5) is 0. The third kappa shape index (κ3) is 1.98. The molecule has 0 unspecified atom stereocenters. The number of hydrogen-bond acceptors (Lipinski definition) is 1. The third-order valence-electron chi connectivity index (χ3n) is 4.04. The summed E-state index contributed by atoms with van der Waals surface area (Å²) >= 11 is 0. The summed E-state index contributed by atoms with van der Waals surface area (Å²) < 4.78 is 5.61. The van der Waals surface area contributed by atoms with Crippen LogP contribution in [0.25, 0.3) is 11.6 Å². The molecule has 0 saturated heterocycles. The first-order valence-electron chi connectivity index (χ1n) is 6.81. The monoisotopic (exact) mass is 240 g/mol. The van der Waals surface area contributed by atoms with E-state index in [2.05, 4.69) is 50.3 Å². The molecule has 0 atom stereocenters. The van der Waals surface area contributed by atoms with E-state index in [0.717, 1.165) is 5.75 Å². The Morgan fingerprint density at radius 1 is 1.22 bits per heavy atom. The van der Waals surface area contributed by atoms with Gasteiger partial charge < -0.3 is 4.74 Å². The van der Waals surface area contributed by atoms with Gasteiger partial charge in [-0.05, 0) is 54.0 Å². The van der Waals surface area contributed by atoms with Crippen LogP contribution in [0.3, 0.4) is 0 Å². The van der Waals surface area contributed by atoms with E-state index >= 15 is 0 Å². The highest BCUT2D eigenvalue weighted by atomic mass is 16.5. The molecule has 0 fully saturated rings. The molecule has 1 aromatic rings. The number of ether oxygens (including phenoxy) is 1. The van der Waals surface area contributed by atoms with E-state index in [-0.39, 0.29) is 0 Å². The predicted molar refractivity (Wildman–Crippen MR) is 76.6 cm³/mol. The van der Waals surface area contributed by atoms with Gasteiger partial charge in [-0.1, -0.05) is 32.1 Å². The molecule has 0 N–H and O–H groups in total. The van der Waals surface area contributed by atoms with Gasteiger partial charge in [-0.15, -0.1) is 0 Å². The van der Waals surface area contributed by atoms with Gasteiger partial charge in [-0.25, -0.2) is 0 Å². The van der Waals surface area contributed by atoms with Gasteiger partial charge in [-0.2, -0.15) is 0 Å². The Morgan fingerprint density at radius 2 is 2.11 bits per heavy atom.